The number of halogens is 2. The highest BCUT2D eigenvalue weighted by molar-refractivity contribution is 5.96. The topological polar surface area (TPSA) is 60.2 Å². The fraction of sp³-hybridized carbons (Fsp3) is 0.364. The first-order chi connectivity index (χ1) is 7.88. The summed E-state index contributed by atoms with van der Waals surface area (Å²) >= 11 is 0. The van der Waals surface area contributed by atoms with Crippen molar-refractivity contribution in [2.24, 2.45) is 0 Å². The number of aryl methyl sites for hydroxylation is 1. The van der Waals surface area contributed by atoms with E-state index in [0.29, 0.717) is 6.42 Å². The first-order valence-corrected chi connectivity index (χ1v) is 4.98. The summed E-state index contributed by atoms with van der Waals surface area (Å²) in [6.07, 6.45) is -2.60. The Morgan fingerprint density at radius 1 is 1.47 bits per heavy atom. The number of ketones is 1. The van der Waals surface area contributed by atoms with E-state index in [0.717, 1.165) is 13.0 Å². The van der Waals surface area contributed by atoms with Gasteiger partial charge >= 0.3 is 0 Å². The molecule has 0 radical (unpaired) electrons. The van der Waals surface area contributed by atoms with Crippen molar-refractivity contribution in [3.8, 4) is 0 Å². The van der Waals surface area contributed by atoms with Gasteiger partial charge in [-0.15, -0.1) is 0 Å². The lowest BCUT2D eigenvalue weighted by Crippen LogP contribution is -2.05. The molecular weight excluding hydrogens is 232 g/mol. The van der Waals surface area contributed by atoms with Gasteiger partial charge in [0.05, 0.1) is 4.92 Å². The third-order valence-electron chi connectivity index (χ3n) is 2.44. The lowest BCUT2D eigenvalue weighted by molar-refractivity contribution is -0.385. The molecule has 4 nitrogen and oxygen atoms in total. The molecule has 0 aliphatic heterocycles. The Bertz CT molecular complexity index is 472. The van der Waals surface area contributed by atoms with Gasteiger partial charge in [-0.3, -0.25) is 14.9 Å². The molecule has 0 unspecified atom stereocenters. The molecule has 0 fully saturated rings. The van der Waals surface area contributed by atoms with Crippen LogP contribution in [0, 0.1) is 10.1 Å². The molecule has 0 N–H and O–H groups in total. The van der Waals surface area contributed by atoms with Gasteiger partial charge in [0.2, 0.25) is 0 Å². The standard InChI is InChI=1S/C11H11F2NO3/c1-3-7-4-8(6(2)15)9(11(12)13)5-10(7)14(16)17/h4-5,11H,3H2,1-2H3. The molecular formula is C11H11F2NO3. The molecule has 0 aromatic heterocycles. The number of carbonyl (C=O) groups is 1. The summed E-state index contributed by atoms with van der Waals surface area (Å²) < 4.78 is 25.4. The number of nitro groups is 1. The van der Waals surface area contributed by atoms with Crippen molar-refractivity contribution in [2.45, 2.75) is 26.7 Å². The Labute approximate surface area is 96.4 Å². The van der Waals surface area contributed by atoms with E-state index < -0.39 is 22.7 Å². The van der Waals surface area contributed by atoms with Gasteiger partial charge in [-0.05, 0) is 19.4 Å². The molecule has 6 heteroatoms. The number of benzene rings is 1. The van der Waals surface area contributed by atoms with Crippen molar-refractivity contribution >= 4 is 11.5 Å². The van der Waals surface area contributed by atoms with Gasteiger partial charge < -0.3 is 0 Å². The molecule has 0 spiro atoms. The molecule has 0 bridgehead atoms. The number of hydrogen-bond donors (Lipinski definition) is 0. The van der Waals surface area contributed by atoms with Crippen molar-refractivity contribution < 1.29 is 18.5 Å². The number of Topliss-reactive ketones (excluding diaryl/α,β-unsaturated/α-hetero) is 1. The Morgan fingerprint density at radius 3 is 2.41 bits per heavy atom. The zero-order valence-electron chi connectivity index (χ0n) is 9.37. The highest BCUT2D eigenvalue weighted by atomic mass is 19.3. The van der Waals surface area contributed by atoms with Crippen LogP contribution in [0.5, 0.6) is 0 Å². The maximum absolute atomic E-state index is 12.7. The summed E-state index contributed by atoms with van der Waals surface area (Å²) in [4.78, 5) is 21.2. The van der Waals surface area contributed by atoms with E-state index in [1.165, 1.54) is 6.07 Å². The predicted molar refractivity (Wildman–Crippen MR) is 57.4 cm³/mol. The van der Waals surface area contributed by atoms with E-state index in [-0.39, 0.29) is 16.8 Å². The van der Waals surface area contributed by atoms with Crippen LogP contribution in [0.2, 0.25) is 0 Å². The zero-order valence-corrected chi connectivity index (χ0v) is 9.37. The number of alkyl halides is 2. The fourth-order valence-corrected chi connectivity index (χ4v) is 1.59. The quantitative estimate of drug-likeness (QED) is 0.463. The largest absolute Gasteiger partial charge is 0.294 e. The van der Waals surface area contributed by atoms with Gasteiger partial charge in [0.15, 0.2) is 5.78 Å². The maximum atomic E-state index is 12.7. The summed E-state index contributed by atoms with van der Waals surface area (Å²) in [6.45, 7) is 2.82. The van der Waals surface area contributed by atoms with Crippen LogP contribution in [0.3, 0.4) is 0 Å². The Balaban J connectivity index is 3.53. The Hall–Kier alpha value is -1.85. The molecule has 0 amide bonds. The van der Waals surface area contributed by atoms with Gasteiger partial charge in [0.25, 0.3) is 12.1 Å². The molecule has 92 valence electrons. The van der Waals surface area contributed by atoms with Crippen molar-refractivity contribution in [3.05, 3.63) is 38.9 Å². The van der Waals surface area contributed by atoms with Crippen LogP contribution < -0.4 is 0 Å². The monoisotopic (exact) mass is 243 g/mol. The number of hydrogen-bond acceptors (Lipinski definition) is 3. The molecule has 0 aliphatic carbocycles. The van der Waals surface area contributed by atoms with E-state index in [4.69, 9.17) is 0 Å². The van der Waals surface area contributed by atoms with Crippen LogP contribution in [0.4, 0.5) is 14.5 Å². The Morgan fingerprint density at radius 2 is 2.06 bits per heavy atom. The number of rotatable bonds is 4. The van der Waals surface area contributed by atoms with Crippen LogP contribution in [0.25, 0.3) is 0 Å². The Kier molecular flexibility index (Phi) is 3.88. The average molecular weight is 243 g/mol. The minimum Gasteiger partial charge on any atom is -0.294 e. The van der Waals surface area contributed by atoms with Crippen LogP contribution in [0.1, 0.15) is 41.8 Å². The first kappa shape index (κ1) is 13.2. The van der Waals surface area contributed by atoms with Crippen LogP contribution in [0.15, 0.2) is 12.1 Å². The smallest absolute Gasteiger partial charge is 0.273 e. The summed E-state index contributed by atoms with van der Waals surface area (Å²) in [5.41, 5.74) is -0.818. The highest BCUT2D eigenvalue weighted by Crippen LogP contribution is 2.30. The van der Waals surface area contributed by atoms with Crippen molar-refractivity contribution in [2.75, 3.05) is 0 Å². The maximum Gasteiger partial charge on any atom is 0.273 e. The number of nitro benzene ring substituents is 1. The average Bonchev–Trinajstić information content (AvgIpc) is 2.26. The first-order valence-electron chi connectivity index (χ1n) is 4.98. The molecule has 0 atom stereocenters. The number of carbonyl (C=O) groups excluding carboxylic acids is 1. The molecule has 0 saturated heterocycles. The predicted octanol–water partition coefficient (Wildman–Crippen LogP) is 3.30. The van der Waals surface area contributed by atoms with Gasteiger partial charge in [-0.2, -0.15) is 0 Å². The van der Waals surface area contributed by atoms with E-state index >= 15 is 0 Å². The molecule has 1 aromatic carbocycles. The van der Waals surface area contributed by atoms with E-state index in [2.05, 4.69) is 0 Å². The second-order valence-electron chi connectivity index (χ2n) is 3.54. The molecule has 1 rings (SSSR count). The molecule has 0 aliphatic rings. The highest BCUT2D eigenvalue weighted by Gasteiger charge is 2.23. The van der Waals surface area contributed by atoms with E-state index in [1.54, 1.807) is 6.92 Å². The van der Waals surface area contributed by atoms with Gasteiger partial charge in [0.1, 0.15) is 0 Å². The van der Waals surface area contributed by atoms with Gasteiger partial charge in [-0.25, -0.2) is 8.78 Å². The van der Waals surface area contributed by atoms with Crippen LogP contribution in [-0.4, -0.2) is 10.7 Å². The fourth-order valence-electron chi connectivity index (χ4n) is 1.59. The minimum atomic E-state index is -2.90. The summed E-state index contributed by atoms with van der Waals surface area (Å²) in [7, 11) is 0. The molecule has 17 heavy (non-hydrogen) atoms. The second kappa shape index (κ2) is 4.99. The van der Waals surface area contributed by atoms with Crippen LogP contribution >= 0.6 is 0 Å². The van der Waals surface area contributed by atoms with Crippen LogP contribution in [-0.2, 0) is 6.42 Å². The molecule has 1 aromatic rings. The second-order valence-corrected chi connectivity index (χ2v) is 3.54. The van der Waals surface area contributed by atoms with Gasteiger partial charge in [-0.1, -0.05) is 6.92 Å². The third-order valence-corrected chi connectivity index (χ3v) is 2.44. The normalized spacial score (nSPS) is 10.6. The molecule has 0 heterocycles. The third kappa shape index (κ3) is 2.64. The summed E-state index contributed by atoms with van der Waals surface area (Å²) in [6, 6.07) is 1.97. The minimum absolute atomic E-state index is 0.151. The SMILES string of the molecule is CCc1cc(C(C)=O)c(C(F)F)cc1[N+](=O)[O-]. The summed E-state index contributed by atoms with van der Waals surface area (Å²) in [5, 5.41) is 10.7. The van der Waals surface area contributed by atoms with Crippen molar-refractivity contribution in [1.29, 1.82) is 0 Å². The zero-order chi connectivity index (χ0) is 13.2. The van der Waals surface area contributed by atoms with Crippen molar-refractivity contribution in [3.63, 3.8) is 0 Å². The lowest BCUT2D eigenvalue weighted by atomic mass is 9.98. The van der Waals surface area contributed by atoms with Gasteiger partial charge in [0, 0.05) is 22.8 Å². The van der Waals surface area contributed by atoms with E-state index in [9.17, 15) is 23.7 Å². The lowest BCUT2D eigenvalue weighted by Gasteiger charge is -2.09. The van der Waals surface area contributed by atoms with E-state index in [1.807, 2.05) is 0 Å². The molecule has 0 saturated carbocycles. The summed E-state index contributed by atoms with van der Waals surface area (Å²) in [5.74, 6) is -0.523. The van der Waals surface area contributed by atoms with Crippen molar-refractivity contribution in [1.82, 2.24) is 0 Å². The number of nitrogens with zero attached hydrogens (tertiary/aromatic N) is 1.